The summed E-state index contributed by atoms with van der Waals surface area (Å²) >= 11 is 3.17. The summed E-state index contributed by atoms with van der Waals surface area (Å²) in [6.45, 7) is 0. The topological polar surface area (TPSA) is 35.5 Å². The number of esters is 1. The van der Waals surface area contributed by atoms with Gasteiger partial charge in [-0.3, -0.25) is 4.79 Å². The van der Waals surface area contributed by atoms with Crippen molar-refractivity contribution in [2.24, 2.45) is 0 Å². The van der Waals surface area contributed by atoms with Crippen molar-refractivity contribution in [3.8, 4) is 11.5 Å². The van der Waals surface area contributed by atoms with E-state index in [1.807, 2.05) is 0 Å². The third-order valence-corrected chi connectivity index (χ3v) is 1.99. The van der Waals surface area contributed by atoms with E-state index in [-0.39, 0.29) is 5.97 Å². The van der Waals surface area contributed by atoms with Gasteiger partial charge >= 0.3 is 5.97 Å². The number of ether oxygens (including phenoxy) is 2. The minimum atomic E-state index is -0.243. The highest BCUT2D eigenvalue weighted by Crippen LogP contribution is 2.17. The van der Waals surface area contributed by atoms with Gasteiger partial charge in [0.1, 0.15) is 11.5 Å². The lowest BCUT2D eigenvalue weighted by molar-refractivity contribution is -0.133. The molecular formula is C10H11BrO3. The smallest absolute Gasteiger partial charge is 0.312 e. The molecule has 0 bridgehead atoms. The van der Waals surface area contributed by atoms with Crippen molar-refractivity contribution < 1.29 is 14.3 Å². The van der Waals surface area contributed by atoms with Crippen LogP contribution in [-0.2, 0) is 4.79 Å². The van der Waals surface area contributed by atoms with Crippen LogP contribution >= 0.6 is 15.9 Å². The normalized spacial score (nSPS) is 9.57. The van der Waals surface area contributed by atoms with Gasteiger partial charge in [0.15, 0.2) is 0 Å². The van der Waals surface area contributed by atoms with Crippen molar-refractivity contribution >= 4 is 21.9 Å². The molecule has 0 atom stereocenters. The highest BCUT2D eigenvalue weighted by atomic mass is 79.9. The molecule has 1 aromatic rings. The fraction of sp³-hybridized carbons (Fsp3) is 0.300. The van der Waals surface area contributed by atoms with Crippen molar-refractivity contribution in [2.75, 3.05) is 12.4 Å². The van der Waals surface area contributed by atoms with Crippen LogP contribution in [0.2, 0.25) is 0 Å². The van der Waals surface area contributed by atoms with E-state index in [0.717, 1.165) is 5.75 Å². The van der Waals surface area contributed by atoms with Gasteiger partial charge < -0.3 is 9.47 Å². The molecule has 0 saturated heterocycles. The van der Waals surface area contributed by atoms with Gasteiger partial charge in [-0.25, -0.2) is 0 Å². The lowest BCUT2D eigenvalue weighted by Crippen LogP contribution is -2.07. The molecule has 0 saturated carbocycles. The summed E-state index contributed by atoms with van der Waals surface area (Å²) in [5.74, 6) is 1.04. The first-order chi connectivity index (χ1) is 6.76. The number of benzene rings is 1. The molecule has 0 heterocycles. The summed E-state index contributed by atoms with van der Waals surface area (Å²) in [5.41, 5.74) is 0. The summed E-state index contributed by atoms with van der Waals surface area (Å²) in [6, 6.07) is 6.89. The standard InChI is InChI=1S/C10H11BrO3/c1-13-8-2-4-9(5-3-8)14-10(12)6-7-11/h2-5H,6-7H2,1H3. The second-order valence-electron chi connectivity index (χ2n) is 2.59. The Kier molecular flexibility index (Phi) is 4.46. The predicted octanol–water partition coefficient (Wildman–Crippen LogP) is 2.39. The Hall–Kier alpha value is -1.03. The lowest BCUT2D eigenvalue weighted by Gasteiger charge is -2.03. The number of alkyl halides is 1. The van der Waals surface area contributed by atoms with E-state index in [9.17, 15) is 4.79 Å². The highest BCUT2D eigenvalue weighted by molar-refractivity contribution is 9.09. The number of halogens is 1. The lowest BCUT2D eigenvalue weighted by atomic mass is 10.3. The number of hydrogen-bond acceptors (Lipinski definition) is 3. The average Bonchev–Trinajstić information content (AvgIpc) is 2.19. The van der Waals surface area contributed by atoms with Gasteiger partial charge in [0.2, 0.25) is 0 Å². The van der Waals surface area contributed by atoms with Gasteiger partial charge in [-0.15, -0.1) is 0 Å². The molecule has 14 heavy (non-hydrogen) atoms. The van der Waals surface area contributed by atoms with E-state index in [0.29, 0.717) is 17.5 Å². The van der Waals surface area contributed by atoms with Crippen molar-refractivity contribution in [3.05, 3.63) is 24.3 Å². The maximum Gasteiger partial charge on any atom is 0.312 e. The Morgan fingerprint density at radius 3 is 2.36 bits per heavy atom. The summed E-state index contributed by atoms with van der Waals surface area (Å²) in [5, 5.41) is 0.613. The number of methoxy groups -OCH3 is 1. The highest BCUT2D eigenvalue weighted by Gasteiger charge is 2.03. The first kappa shape index (κ1) is 11.0. The predicted molar refractivity (Wildman–Crippen MR) is 57.0 cm³/mol. The third-order valence-electron chi connectivity index (χ3n) is 1.59. The van der Waals surface area contributed by atoms with Gasteiger partial charge in [-0.1, -0.05) is 15.9 Å². The molecule has 0 aromatic heterocycles. The number of carbonyl (C=O) groups excluding carboxylic acids is 1. The average molecular weight is 259 g/mol. The van der Waals surface area contributed by atoms with Crippen molar-refractivity contribution in [3.63, 3.8) is 0 Å². The summed E-state index contributed by atoms with van der Waals surface area (Å²) in [6.07, 6.45) is 0.367. The van der Waals surface area contributed by atoms with Crippen LogP contribution in [0.5, 0.6) is 11.5 Å². The first-order valence-corrected chi connectivity index (χ1v) is 5.29. The Morgan fingerprint density at radius 1 is 1.29 bits per heavy atom. The molecule has 0 aliphatic carbocycles. The molecule has 0 aliphatic rings. The second-order valence-corrected chi connectivity index (χ2v) is 3.38. The van der Waals surface area contributed by atoms with Crippen molar-refractivity contribution in [1.82, 2.24) is 0 Å². The molecule has 0 aliphatic heterocycles. The molecule has 0 amide bonds. The number of carbonyl (C=O) groups is 1. The van der Waals surface area contributed by atoms with Crippen LogP contribution in [-0.4, -0.2) is 18.4 Å². The minimum Gasteiger partial charge on any atom is -0.497 e. The van der Waals surface area contributed by atoms with Gasteiger partial charge in [0.25, 0.3) is 0 Å². The van der Waals surface area contributed by atoms with E-state index in [1.165, 1.54) is 0 Å². The Morgan fingerprint density at radius 2 is 1.86 bits per heavy atom. The van der Waals surface area contributed by atoms with Crippen molar-refractivity contribution in [2.45, 2.75) is 6.42 Å². The Bertz CT molecular complexity index is 295. The van der Waals surface area contributed by atoms with E-state index in [2.05, 4.69) is 15.9 Å². The molecule has 0 unspecified atom stereocenters. The zero-order valence-electron chi connectivity index (χ0n) is 7.83. The molecule has 1 rings (SSSR count). The summed E-state index contributed by atoms with van der Waals surface area (Å²) < 4.78 is 10.0. The van der Waals surface area contributed by atoms with E-state index in [1.54, 1.807) is 31.4 Å². The zero-order valence-corrected chi connectivity index (χ0v) is 9.41. The Balaban J connectivity index is 2.55. The van der Waals surface area contributed by atoms with Crippen LogP contribution in [0.15, 0.2) is 24.3 Å². The number of hydrogen-bond donors (Lipinski definition) is 0. The zero-order chi connectivity index (χ0) is 10.4. The molecule has 0 N–H and O–H groups in total. The van der Waals surface area contributed by atoms with Crippen molar-refractivity contribution in [1.29, 1.82) is 0 Å². The first-order valence-electron chi connectivity index (χ1n) is 4.17. The van der Waals surface area contributed by atoms with Crippen LogP contribution in [0.1, 0.15) is 6.42 Å². The largest absolute Gasteiger partial charge is 0.497 e. The van der Waals surface area contributed by atoms with E-state index >= 15 is 0 Å². The Labute approximate surface area is 91.1 Å². The molecule has 1 aromatic carbocycles. The maximum absolute atomic E-state index is 11.1. The van der Waals surface area contributed by atoms with Crippen LogP contribution in [0, 0.1) is 0 Å². The van der Waals surface area contributed by atoms with Gasteiger partial charge in [-0.2, -0.15) is 0 Å². The van der Waals surface area contributed by atoms with Gasteiger partial charge in [-0.05, 0) is 24.3 Å². The molecule has 3 nitrogen and oxygen atoms in total. The van der Waals surface area contributed by atoms with E-state index in [4.69, 9.17) is 9.47 Å². The molecule has 76 valence electrons. The van der Waals surface area contributed by atoms with Crippen LogP contribution < -0.4 is 9.47 Å². The molecule has 0 radical (unpaired) electrons. The third kappa shape index (κ3) is 3.38. The van der Waals surface area contributed by atoms with Crippen LogP contribution in [0.25, 0.3) is 0 Å². The van der Waals surface area contributed by atoms with Crippen LogP contribution in [0.4, 0.5) is 0 Å². The fourth-order valence-electron chi connectivity index (χ4n) is 0.903. The summed E-state index contributed by atoms with van der Waals surface area (Å²) in [7, 11) is 1.59. The van der Waals surface area contributed by atoms with Gasteiger partial charge in [0, 0.05) is 5.33 Å². The molecule has 0 spiro atoms. The summed E-state index contributed by atoms with van der Waals surface area (Å²) in [4.78, 5) is 11.1. The minimum absolute atomic E-state index is 0.243. The molecular weight excluding hydrogens is 248 g/mol. The second kappa shape index (κ2) is 5.65. The number of rotatable bonds is 4. The fourth-order valence-corrected chi connectivity index (χ4v) is 1.23. The van der Waals surface area contributed by atoms with Gasteiger partial charge in [0.05, 0.1) is 13.5 Å². The van der Waals surface area contributed by atoms with E-state index < -0.39 is 0 Å². The quantitative estimate of drug-likeness (QED) is 0.473. The SMILES string of the molecule is COc1ccc(OC(=O)CCBr)cc1. The monoisotopic (exact) mass is 258 g/mol. The molecule has 0 fully saturated rings. The maximum atomic E-state index is 11.1. The molecule has 4 heteroatoms. The van der Waals surface area contributed by atoms with Crippen LogP contribution in [0.3, 0.4) is 0 Å².